The van der Waals surface area contributed by atoms with Crippen LogP contribution in [0.15, 0.2) is 83.2 Å². The van der Waals surface area contributed by atoms with Gasteiger partial charge in [-0.05, 0) is 35.4 Å². The third-order valence-corrected chi connectivity index (χ3v) is 4.37. The average Bonchev–Trinajstić information content (AvgIpc) is 3.32. The number of nitrogens with zero attached hydrogens (tertiary/aromatic N) is 3. The second kappa shape index (κ2) is 6.87. The zero-order valence-electron chi connectivity index (χ0n) is 14.1. The van der Waals surface area contributed by atoms with E-state index >= 15 is 0 Å². The van der Waals surface area contributed by atoms with Crippen LogP contribution in [0.1, 0.15) is 27.7 Å². The molecule has 0 radical (unpaired) electrons. The van der Waals surface area contributed by atoms with E-state index in [2.05, 4.69) is 9.97 Å². The molecular weight excluding hydrogens is 346 g/mol. The summed E-state index contributed by atoms with van der Waals surface area (Å²) in [6, 6.07) is 9.36. The van der Waals surface area contributed by atoms with E-state index < -0.39 is 23.5 Å². The van der Waals surface area contributed by atoms with Crippen molar-refractivity contribution >= 4 is 11.7 Å². The molecule has 3 aromatic heterocycles. The number of aliphatic hydroxyl groups is 1. The Labute approximate surface area is 154 Å². The first-order valence-electron chi connectivity index (χ1n) is 8.28. The normalized spacial score (nSPS) is 16.8. The zero-order chi connectivity index (χ0) is 18.8. The highest BCUT2D eigenvalue weighted by Crippen LogP contribution is 2.39. The minimum absolute atomic E-state index is 0.0214. The van der Waals surface area contributed by atoms with Crippen LogP contribution in [-0.2, 0) is 11.3 Å². The summed E-state index contributed by atoms with van der Waals surface area (Å²) >= 11 is 0. The molecule has 1 amide bonds. The number of rotatable bonds is 5. The molecule has 0 unspecified atom stereocenters. The van der Waals surface area contributed by atoms with Crippen LogP contribution in [0.5, 0.6) is 0 Å². The molecule has 0 saturated carbocycles. The summed E-state index contributed by atoms with van der Waals surface area (Å²) in [6.07, 6.45) is 7.81. The number of Topliss-reactive ketones (excluding diaryl/α,β-unsaturated/α-hetero) is 1. The number of amides is 1. The fraction of sp³-hybridized carbons (Fsp3) is 0.100. The average molecular weight is 361 g/mol. The Morgan fingerprint density at radius 2 is 1.89 bits per heavy atom. The van der Waals surface area contributed by atoms with Gasteiger partial charge >= 0.3 is 0 Å². The smallest absolute Gasteiger partial charge is 0.290 e. The van der Waals surface area contributed by atoms with Crippen LogP contribution in [0.2, 0.25) is 0 Å². The topological polar surface area (TPSA) is 96.5 Å². The van der Waals surface area contributed by atoms with Crippen molar-refractivity contribution in [2.75, 3.05) is 0 Å². The molecule has 4 rings (SSSR count). The van der Waals surface area contributed by atoms with Gasteiger partial charge in [-0.2, -0.15) is 0 Å². The van der Waals surface area contributed by atoms with Gasteiger partial charge in [-0.15, -0.1) is 0 Å². The van der Waals surface area contributed by atoms with Crippen molar-refractivity contribution in [2.24, 2.45) is 0 Å². The molecule has 0 saturated heterocycles. The molecule has 1 atom stereocenters. The van der Waals surface area contributed by atoms with Crippen molar-refractivity contribution < 1.29 is 19.1 Å². The van der Waals surface area contributed by atoms with E-state index in [9.17, 15) is 14.7 Å². The molecule has 1 aliphatic heterocycles. The fourth-order valence-corrected chi connectivity index (χ4v) is 3.16. The fourth-order valence-electron chi connectivity index (χ4n) is 3.16. The number of carbonyl (C=O) groups excluding carboxylic acids is 2. The van der Waals surface area contributed by atoms with Gasteiger partial charge < -0.3 is 14.4 Å². The summed E-state index contributed by atoms with van der Waals surface area (Å²) in [5, 5.41) is 10.5. The molecule has 0 bridgehead atoms. The van der Waals surface area contributed by atoms with E-state index in [4.69, 9.17) is 4.42 Å². The van der Waals surface area contributed by atoms with Gasteiger partial charge in [-0.3, -0.25) is 19.6 Å². The Balaban J connectivity index is 1.79. The third kappa shape index (κ3) is 2.99. The number of hydrogen-bond donors (Lipinski definition) is 1. The number of ketones is 1. The first kappa shape index (κ1) is 16.7. The summed E-state index contributed by atoms with van der Waals surface area (Å²) in [6.45, 7) is 0.186. The quantitative estimate of drug-likeness (QED) is 0.702. The number of carbonyl (C=O) groups is 2. The summed E-state index contributed by atoms with van der Waals surface area (Å²) in [4.78, 5) is 35.3. The Kier molecular flexibility index (Phi) is 4.25. The molecule has 27 heavy (non-hydrogen) atoms. The zero-order valence-corrected chi connectivity index (χ0v) is 14.1. The Morgan fingerprint density at radius 1 is 1.11 bits per heavy atom. The number of aliphatic hydroxyl groups excluding tert-OH is 1. The van der Waals surface area contributed by atoms with Gasteiger partial charge in [-0.1, -0.05) is 12.1 Å². The Hall–Kier alpha value is -3.74. The van der Waals surface area contributed by atoms with E-state index in [0.29, 0.717) is 5.56 Å². The van der Waals surface area contributed by atoms with Crippen LogP contribution in [0.4, 0.5) is 0 Å². The molecule has 7 heteroatoms. The van der Waals surface area contributed by atoms with Crippen molar-refractivity contribution in [1.29, 1.82) is 0 Å². The second-order valence-electron chi connectivity index (χ2n) is 6.05. The summed E-state index contributed by atoms with van der Waals surface area (Å²) in [5.41, 5.74) is 1.37. The highest BCUT2D eigenvalue weighted by atomic mass is 16.3. The van der Waals surface area contributed by atoms with E-state index in [-0.39, 0.29) is 17.9 Å². The predicted molar refractivity (Wildman–Crippen MR) is 94.5 cm³/mol. The summed E-state index contributed by atoms with van der Waals surface area (Å²) < 4.78 is 5.18. The van der Waals surface area contributed by atoms with Crippen molar-refractivity contribution in [2.45, 2.75) is 12.6 Å². The molecule has 7 nitrogen and oxygen atoms in total. The maximum atomic E-state index is 12.9. The molecule has 1 aliphatic rings. The monoisotopic (exact) mass is 361 g/mol. The molecule has 0 aliphatic carbocycles. The van der Waals surface area contributed by atoms with Crippen molar-refractivity contribution in [1.82, 2.24) is 14.9 Å². The molecule has 3 aromatic rings. The first-order valence-corrected chi connectivity index (χ1v) is 8.28. The van der Waals surface area contributed by atoms with Crippen molar-refractivity contribution in [3.63, 3.8) is 0 Å². The highest BCUT2D eigenvalue weighted by molar-refractivity contribution is 6.14. The highest BCUT2D eigenvalue weighted by Gasteiger charge is 2.44. The molecule has 134 valence electrons. The number of furan rings is 1. The van der Waals surface area contributed by atoms with Gasteiger partial charge in [0.1, 0.15) is 0 Å². The van der Waals surface area contributed by atoms with Crippen molar-refractivity contribution in [3.05, 3.63) is 95.7 Å². The van der Waals surface area contributed by atoms with Crippen molar-refractivity contribution in [3.8, 4) is 0 Å². The lowest BCUT2D eigenvalue weighted by Gasteiger charge is -2.26. The molecule has 1 N–H and O–H groups in total. The summed E-state index contributed by atoms with van der Waals surface area (Å²) in [5.74, 6) is -1.67. The van der Waals surface area contributed by atoms with Crippen LogP contribution in [0.3, 0.4) is 0 Å². The number of pyridine rings is 2. The van der Waals surface area contributed by atoms with Gasteiger partial charge in [0.2, 0.25) is 5.78 Å². The molecule has 4 heterocycles. The van der Waals surface area contributed by atoms with Crippen LogP contribution < -0.4 is 0 Å². The minimum Gasteiger partial charge on any atom is -0.503 e. The predicted octanol–water partition coefficient (Wildman–Crippen LogP) is 2.85. The SMILES string of the molecule is O=C(C1=C(O)C(=O)N(Cc2cccnc2)[C@H]1c1cccnc1)c1ccco1. The van der Waals surface area contributed by atoms with Crippen LogP contribution in [0, 0.1) is 0 Å². The maximum absolute atomic E-state index is 12.9. The van der Waals surface area contributed by atoms with Crippen LogP contribution >= 0.6 is 0 Å². The Morgan fingerprint density at radius 3 is 2.52 bits per heavy atom. The molecule has 0 spiro atoms. The van der Waals surface area contributed by atoms with E-state index in [1.807, 2.05) is 6.07 Å². The Bertz CT molecular complexity index is 998. The number of aromatic nitrogens is 2. The largest absolute Gasteiger partial charge is 0.503 e. The van der Waals surface area contributed by atoms with Gasteiger partial charge in [0.15, 0.2) is 11.5 Å². The van der Waals surface area contributed by atoms with E-state index in [1.165, 1.54) is 17.2 Å². The van der Waals surface area contributed by atoms with Gasteiger partial charge in [-0.25, -0.2) is 0 Å². The standard InChI is InChI=1S/C20H15N3O4/c24-18(15-6-3-9-27-15)16-17(14-5-2-8-22-11-14)23(20(26)19(16)25)12-13-4-1-7-21-10-13/h1-11,17,25H,12H2/t17-/m0/s1. The molecular formula is C20H15N3O4. The van der Waals surface area contributed by atoms with E-state index in [1.54, 1.807) is 49.1 Å². The second-order valence-corrected chi connectivity index (χ2v) is 6.05. The van der Waals surface area contributed by atoms with Crippen LogP contribution in [0.25, 0.3) is 0 Å². The van der Waals surface area contributed by atoms with Gasteiger partial charge in [0.25, 0.3) is 5.91 Å². The molecule has 0 aromatic carbocycles. The van der Waals surface area contributed by atoms with Gasteiger partial charge in [0.05, 0.1) is 17.9 Å². The lowest BCUT2D eigenvalue weighted by molar-refractivity contribution is -0.130. The first-order chi connectivity index (χ1) is 13.2. The number of hydrogen-bond acceptors (Lipinski definition) is 6. The minimum atomic E-state index is -0.774. The molecule has 0 fully saturated rings. The lowest BCUT2D eigenvalue weighted by atomic mass is 9.96. The summed E-state index contributed by atoms with van der Waals surface area (Å²) in [7, 11) is 0. The van der Waals surface area contributed by atoms with Gasteiger partial charge in [0, 0.05) is 31.3 Å². The third-order valence-electron chi connectivity index (χ3n) is 4.37. The lowest BCUT2D eigenvalue weighted by Crippen LogP contribution is -2.30. The maximum Gasteiger partial charge on any atom is 0.290 e. The van der Waals surface area contributed by atoms with Crippen LogP contribution in [-0.4, -0.2) is 31.7 Å². The van der Waals surface area contributed by atoms with E-state index in [0.717, 1.165) is 5.56 Å².